The fourth-order valence-electron chi connectivity index (χ4n) is 2.08. The van der Waals surface area contributed by atoms with Gasteiger partial charge in [-0.3, -0.25) is 4.90 Å². The van der Waals surface area contributed by atoms with E-state index in [4.69, 9.17) is 0 Å². The summed E-state index contributed by atoms with van der Waals surface area (Å²) in [5.41, 5.74) is 0. The van der Waals surface area contributed by atoms with Gasteiger partial charge in [-0.2, -0.15) is 0 Å². The number of rotatable bonds is 6. The zero-order chi connectivity index (χ0) is 11.3. The molecule has 1 unspecified atom stereocenters. The quantitative estimate of drug-likeness (QED) is 0.666. The van der Waals surface area contributed by atoms with Gasteiger partial charge in [0.05, 0.1) is 12.8 Å². The van der Waals surface area contributed by atoms with Crippen molar-refractivity contribution in [3.05, 3.63) is 12.4 Å². The monoisotopic (exact) mass is 211 g/mol. The van der Waals surface area contributed by atoms with E-state index in [-0.39, 0.29) is 0 Å². The van der Waals surface area contributed by atoms with Gasteiger partial charge in [-0.05, 0) is 26.9 Å². The Morgan fingerprint density at radius 1 is 1.27 bits per heavy atom. The third-order valence-electron chi connectivity index (χ3n) is 2.96. The van der Waals surface area contributed by atoms with Crippen molar-refractivity contribution in [3.63, 3.8) is 0 Å². The average molecular weight is 211 g/mol. The summed E-state index contributed by atoms with van der Waals surface area (Å²) < 4.78 is 0. The summed E-state index contributed by atoms with van der Waals surface area (Å²) in [5, 5.41) is 0. The third kappa shape index (κ3) is 3.42. The SMILES string of the molecule is CCCCN1C=CN(C(CC)N(C)C)C1. The molecule has 0 bridgehead atoms. The second kappa shape index (κ2) is 6.01. The Morgan fingerprint density at radius 2 is 2.00 bits per heavy atom. The lowest BCUT2D eigenvalue weighted by molar-refractivity contribution is 0.0984. The molecular weight excluding hydrogens is 186 g/mol. The van der Waals surface area contributed by atoms with E-state index in [1.54, 1.807) is 0 Å². The second-order valence-corrected chi connectivity index (χ2v) is 4.47. The van der Waals surface area contributed by atoms with Crippen LogP contribution in [0.2, 0.25) is 0 Å². The zero-order valence-electron chi connectivity index (χ0n) is 10.6. The second-order valence-electron chi connectivity index (χ2n) is 4.47. The molecule has 0 amide bonds. The van der Waals surface area contributed by atoms with Gasteiger partial charge < -0.3 is 9.80 Å². The predicted octanol–water partition coefficient (Wildman–Crippen LogP) is 2.13. The van der Waals surface area contributed by atoms with Gasteiger partial charge in [0.15, 0.2) is 0 Å². The summed E-state index contributed by atoms with van der Waals surface area (Å²) in [6.07, 6.45) is 8.71. The zero-order valence-corrected chi connectivity index (χ0v) is 10.6. The van der Waals surface area contributed by atoms with E-state index in [1.165, 1.54) is 25.8 Å². The van der Waals surface area contributed by atoms with Crippen molar-refractivity contribution in [3.8, 4) is 0 Å². The van der Waals surface area contributed by atoms with E-state index < -0.39 is 0 Å². The number of nitrogens with zero attached hydrogens (tertiary/aromatic N) is 3. The number of hydrogen-bond donors (Lipinski definition) is 0. The Hall–Kier alpha value is -0.700. The molecule has 0 aromatic carbocycles. The van der Waals surface area contributed by atoms with Gasteiger partial charge in [0, 0.05) is 18.9 Å². The highest BCUT2D eigenvalue weighted by Crippen LogP contribution is 2.14. The molecule has 3 nitrogen and oxygen atoms in total. The van der Waals surface area contributed by atoms with Gasteiger partial charge in [-0.25, -0.2) is 0 Å². The highest BCUT2D eigenvalue weighted by molar-refractivity contribution is 4.92. The average Bonchev–Trinajstić information content (AvgIpc) is 2.64. The third-order valence-corrected chi connectivity index (χ3v) is 2.96. The maximum Gasteiger partial charge on any atom is 0.0908 e. The lowest BCUT2D eigenvalue weighted by Gasteiger charge is -2.33. The van der Waals surface area contributed by atoms with Gasteiger partial charge in [0.2, 0.25) is 0 Å². The Labute approximate surface area is 94.3 Å². The Morgan fingerprint density at radius 3 is 2.53 bits per heavy atom. The van der Waals surface area contributed by atoms with E-state index in [0.29, 0.717) is 6.17 Å². The van der Waals surface area contributed by atoms with Crippen LogP contribution in [0.4, 0.5) is 0 Å². The first-order chi connectivity index (χ1) is 7.19. The molecule has 0 spiro atoms. The van der Waals surface area contributed by atoms with Gasteiger partial charge in [0.25, 0.3) is 0 Å². The van der Waals surface area contributed by atoms with Crippen molar-refractivity contribution in [2.45, 2.75) is 39.3 Å². The Balaban J connectivity index is 2.38. The topological polar surface area (TPSA) is 9.72 Å². The number of unbranched alkanes of at least 4 members (excludes halogenated alkanes) is 1. The van der Waals surface area contributed by atoms with E-state index in [1.807, 2.05) is 0 Å². The van der Waals surface area contributed by atoms with Crippen LogP contribution in [0.3, 0.4) is 0 Å². The van der Waals surface area contributed by atoms with E-state index in [2.05, 4.69) is 55.0 Å². The summed E-state index contributed by atoms with van der Waals surface area (Å²) in [6, 6.07) is 0. The highest BCUT2D eigenvalue weighted by atomic mass is 15.4. The maximum atomic E-state index is 2.41. The molecule has 0 aromatic rings. The summed E-state index contributed by atoms with van der Waals surface area (Å²) in [5.74, 6) is 0. The molecule has 1 aliphatic rings. The normalized spacial score (nSPS) is 17.9. The Kier molecular flexibility index (Phi) is 4.95. The maximum absolute atomic E-state index is 2.41. The molecular formula is C12H25N3. The van der Waals surface area contributed by atoms with Crippen molar-refractivity contribution >= 4 is 0 Å². The van der Waals surface area contributed by atoms with Crippen LogP contribution in [0, 0.1) is 0 Å². The van der Waals surface area contributed by atoms with Crippen LogP contribution in [-0.2, 0) is 0 Å². The minimum atomic E-state index is 0.535. The molecule has 0 fully saturated rings. The molecule has 1 rings (SSSR count). The van der Waals surface area contributed by atoms with Crippen molar-refractivity contribution < 1.29 is 0 Å². The van der Waals surface area contributed by atoms with Crippen LogP contribution in [0.25, 0.3) is 0 Å². The fourth-order valence-corrected chi connectivity index (χ4v) is 2.08. The van der Waals surface area contributed by atoms with Crippen molar-refractivity contribution in [1.29, 1.82) is 0 Å². The van der Waals surface area contributed by atoms with E-state index in [0.717, 1.165) is 6.67 Å². The highest BCUT2D eigenvalue weighted by Gasteiger charge is 2.20. The smallest absolute Gasteiger partial charge is 0.0908 e. The minimum Gasteiger partial charge on any atom is -0.359 e. The molecule has 1 atom stereocenters. The summed E-state index contributed by atoms with van der Waals surface area (Å²) in [6.45, 7) is 6.73. The summed E-state index contributed by atoms with van der Waals surface area (Å²) in [7, 11) is 4.30. The first-order valence-electron chi connectivity index (χ1n) is 6.03. The predicted molar refractivity (Wildman–Crippen MR) is 65.2 cm³/mol. The molecule has 0 aromatic heterocycles. The molecule has 15 heavy (non-hydrogen) atoms. The van der Waals surface area contributed by atoms with Crippen LogP contribution in [0.15, 0.2) is 12.4 Å². The van der Waals surface area contributed by atoms with Crippen LogP contribution in [0.1, 0.15) is 33.1 Å². The fraction of sp³-hybridized carbons (Fsp3) is 0.833. The lowest BCUT2D eigenvalue weighted by Crippen LogP contribution is -2.42. The first kappa shape index (κ1) is 12.4. The minimum absolute atomic E-state index is 0.535. The molecule has 0 N–H and O–H groups in total. The molecule has 0 saturated heterocycles. The molecule has 0 saturated carbocycles. The van der Waals surface area contributed by atoms with E-state index >= 15 is 0 Å². The molecule has 1 aliphatic heterocycles. The van der Waals surface area contributed by atoms with Crippen LogP contribution < -0.4 is 0 Å². The molecule has 0 radical (unpaired) electrons. The van der Waals surface area contributed by atoms with Crippen molar-refractivity contribution in [2.75, 3.05) is 27.3 Å². The van der Waals surface area contributed by atoms with Crippen LogP contribution in [-0.4, -0.2) is 48.2 Å². The van der Waals surface area contributed by atoms with Crippen molar-refractivity contribution in [1.82, 2.24) is 14.7 Å². The largest absolute Gasteiger partial charge is 0.359 e. The summed E-state index contributed by atoms with van der Waals surface area (Å²) >= 11 is 0. The first-order valence-corrected chi connectivity index (χ1v) is 6.03. The van der Waals surface area contributed by atoms with Crippen LogP contribution in [0.5, 0.6) is 0 Å². The Bertz CT molecular complexity index is 201. The van der Waals surface area contributed by atoms with Gasteiger partial charge >= 0.3 is 0 Å². The standard InChI is InChI=1S/C12H25N3/c1-5-7-8-14-9-10-15(11-14)12(6-2)13(3)4/h9-10,12H,5-8,11H2,1-4H3. The number of hydrogen-bond acceptors (Lipinski definition) is 3. The van der Waals surface area contributed by atoms with Crippen LogP contribution >= 0.6 is 0 Å². The van der Waals surface area contributed by atoms with E-state index in [9.17, 15) is 0 Å². The lowest BCUT2D eigenvalue weighted by atomic mass is 10.3. The summed E-state index contributed by atoms with van der Waals surface area (Å²) in [4.78, 5) is 7.10. The molecule has 1 heterocycles. The molecule has 3 heteroatoms. The molecule has 88 valence electrons. The van der Waals surface area contributed by atoms with Crippen molar-refractivity contribution in [2.24, 2.45) is 0 Å². The van der Waals surface area contributed by atoms with Gasteiger partial charge in [-0.1, -0.05) is 20.3 Å². The molecule has 0 aliphatic carbocycles. The van der Waals surface area contributed by atoms with Gasteiger partial charge in [0.1, 0.15) is 0 Å². The van der Waals surface area contributed by atoms with Gasteiger partial charge in [-0.15, -0.1) is 0 Å².